The van der Waals surface area contributed by atoms with Gasteiger partial charge in [0.15, 0.2) is 0 Å². The van der Waals surface area contributed by atoms with Gasteiger partial charge in [-0.1, -0.05) is 0 Å². The van der Waals surface area contributed by atoms with Crippen molar-refractivity contribution < 1.29 is 13.2 Å². The maximum Gasteiger partial charge on any atom is 0.216 e. The molecule has 89 valence electrons. The fourth-order valence-corrected chi connectivity index (χ4v) is 3.22. The smallest absolute Gasteiger partial charge is 0.216 e. The molecule has 1 fully saturated rings. The molecule has 1 atom stereocenters. The molecular formula is C10H20NO3S. The molecule has 1 saturated heterocycles. The van der Waals surface area contributed by atoms with E-state index in [2.05, 4.69) is 0 Å². The van der Waals surface area contributed by atoms with Crippen molar-refractivity contribution in [3.8, 4) is 0 Å². The third-order valence-corrected chi connectivity index (χ3v) is 5.03. The van der Waals surface area contributed by atoms with Crippen LogP contribution < -0.4 is 0 Å². The Hall–Kier alpha value is -0.130. The molecule has 15 heavy (non-hydrogen) atoms. The van der Waals surface area contributed by atoms with Crippen molar-refractivity contribution in [3.63, 3.8) is 0 Å². The minimum atomic E-state index is -3.11. The van der Waals surface area contributed by atoms with Crippen LogP contribution >= 0.6 is 0 Å². The molecule has 0 amide bonds. The van der Waals surface area contributed by atoms with Crippen molar-refractivity contribution in [1.29, 1.82) is 0 Å². The second-order valence-corrected chi connectivity index (χ2v) is 6.56. The van der Waals surface area contributed by atoms with Crippen LogP contribution in [-0.4, -0.2) is 44.3 Å². The molecular weight excluding hydrogens is 214 g/mol. The van der Waals surface area contributed by atoms with Gasteiger partial charge in [0.2, 0.25) is 10.0 Å². The van der Waals surface area contributed by atoms with Crippen LogP contribution in [0.4, 0.5) is 0 Å². The van der Waals surface area contributed by atoms with E-state index < -0.39 is 10.0 Å². The first kappa shape index (κ1) is 12.9. The SMILES string of the molecule is COCC[C@H]1C[CH]CN1S(=O)(=O)C(C)C. The molecule has 1 radical (unpaired) electrons. The van der Waals surface area contributed by atoms with Crippen LogP contribution in [0.5, 0.6) is 0 Å². The van der Waals surface area contributed by atoms with Crippen LogP contribution in [-0.2, 0) is 14.8 Å². The lowest BCUT2D eigenvalue weighted by Crippen LogP contribution is -2.40. The standard InChI is InChI=1S/C10H20NO3S/c1-9(2)15(12,13)11-7-4-5-10(11)6-8-14-3/h4,9-10H,5-8H2,1-3H3/t10-/m1/s1. The molecule has 5 heteroatoms. The van der Waals surface area contributed by atoms with Gasteiger partial charge in [0.05, 0.1) is 5.25 Å². The van der Waals surface area contributed by atoms with E-state index in [1.165, 1.54) is 0 Å². The normalized spacial score (nSPS) is 23.9. The zero-order valence-corrected chi connectivity index (χ0v) is 10.5. The zero-order chi connectivity index (χ0) is 11.5. The highest BCUT2D eigenvalue weighted by atomic mass is 32.2. The quantitative estimate of drug-likeness (QED) is 0.714. The summed E-state index contributed by atoms with van der Waals surface area (Å²) < 4.78 is 30.5. The fraction of sp³-hybridized carbons (Fsp3) is 0.900. The highest BCUT2D eigenvalue weighted by Gasteiger charge is 2.35. The van der Waals surface area contributed by atoms with Gasteiger partial charge in [-0.3, -0.25) is 0 Å². The number of methoxy groups -OCH3 is 1. The predicted molar refractivity (Wildman–Crippen MR) is 60.0 cm³/mol. The molecule has 0 aromatic rings. The van der Waals surface area contributed by atoms with E-state index in [4.69, 9.17) is 4.74 Å². The Kier molecular flexibility index (Phi) is 4.55. The summed E-state index contributed by atoms with van der Waals surface area (Å²) >= 11 is 0. The molecule has 0 N–H and O–H groups in total. The first-order valence-corrected chi connectivity index (χ1v) is 6.81. The van der Waals surface area contributed by atoms with Crippen LogP contribution in [0.15, 0.2) is 0 Å². The molecule has 0 saturated carbocycles. The van der Waals surface area contributed by atoms with Gasteiger partial charge >= 0.3 is 0 Å². The molecule has 0 bridgehead atoms. The second-order valence-electron chi connectivity index (χ2n) is 4.12. The first-order chi connectivity index (χ1) is 7.00. The average Bonchev–Trinajstić information content (AvgIpc) is 2.62. The number of sulfonamides is 1. The Morgan fingerprint density at radius 2 is 2.20 bits per heavy atom. The van der Waals surface area contributed by atoms with Crippen molar-refractivity contribution in [2.24, 2.45) is 0 Å². The highest BCUT2D eigenvalue weighted by molar-refractivity contribution is 7.89. The maximum atomic E-state index is 12.0. The lowest BCUT2D eigenvalue weighted by molar-refractivity contribution is 0.174. The minimum absolute atomic E-state index is 0.0948. The summed E-state index contributed by atoms with van der Waals surface area (Å²) in [5.41, 5.74) is 0. The predicted octanol–water partition coefficient (Wildman–Crippen LogP) is 1.04. The molecule has 1 aliphatic heterocycles. The highest BCUT2D eigenvalue weighted by Crippen LogP contribution is 2.24. The number of rotatable bonds is 5. The third-order valence-electron chi connectivity index (χ3n) is 2.73. The first-order valence-electron chi connectivity index (χ1n) is 5.31. The summed E-state index contributed by atoms with van der Waals surface area (Å²) in [6.07, 6.45) is 3.65. The van der Waals surface area contributed by atoms with E-state index in [-0.39, 0.29) is 11.3 Å². The Balaban J connectivity index is 2.68. The molecule has 0 aliphatic carbocycles. The monoisotopic (exact) mass is 234 g/mol. The number of hydrogen-bond acceptors (Lipinski definition) is 3. The molecule has 1 heterocycles. The number of nitrogens with zero attached hydrogens (tertiary/aromatic N) is 1. The van der Waals surface area contributed by atoms with Crippen molar-refractivity contribution in [3.05, 3.63) is 6.42 Å². The van der Waals surface area contributed by atoms with Crippen molar-refractivity contribution in [2.75, 3.05) is 20.3 Å². The Bertz CT molecular complexity index is 287. The summed E-state index contributed by atoms with van der Waals surface area (Å²) in [6, 6.07) is 0.0948. The van der Waals surface area contributed by atoms with Gasteiger partial charge in [0.1, 0.15) is 0 Å². The molecule has 0 unspecified atom stereocenters. The lowest BCUT2D eigenvalue weighted by Gasteiger charge is -2.25. The molecule has 0 aromatic carbocycles. The Morgan fingerprint density at radius 3 is 2.73 bits per heavy atom. The van der Waals surface area contributed by atoms with E-state index in [0.717, 1.165) is 12.8 Å². The van der Waals surface area contributed by atoms with Gasteiger partial charge in [0.25, 0.3) is 0 Å². The minimum Gasteiger partial charge on any atom is -0.385 e. The summed E-state index contributed by atoms with van der Waals surface area (Å²) in [5.74, 6) is 0. The number of hydrogen-bond donors (Lipinski definition) is 0. The summed E-state index contributed by atoms with van der Waals surface area (Å²) in [7, 11) is -1.47. The van der Waals surface area contributed by atoms with Crippen LogP contribution in [0, 0.1) is 6.42 Å². The largest absolute Gasteiger partial charge is 0.385 e. The van der Waals surface area contributed by atoms with Gasteiger partial charge in [-0.25, -0.2) is 8.42 Å². The van der Waals surface area contributed by atoms with Crippen molar-refractivity contribution >= 4 is 10.0 Å². The molecule has 1 rings (SSSR count). The van der Waals surface area contributed by atoms with Crippen molar-refractivity contribution in [2.45, 2.75) is 38.0 Å². The summed E-state index contributed by atoms with van der Waals surface area (Å²) in [5, 5.41) is -0.339. The van der Waals surface area contributed by atoms with Gasteiger partial charge in [-0.2, -0.15) is 4.31 Å². The van der Waals surface area contributed by atoms with Gasteiger partial charge in [0, 0.05) is 26.3 Å². The van der Waals surface area contributed by atoms with Crippen LogP contribution in [0.1, 0.15) is 26.7 Å². The molecule has 1 aliphatic rings. The Morgan fingerprint density at radius 1 is 1.53 bits per heavy atom. The van der Waals surface area contributed by atoms with Crippen LogP contribution in [0.3, 0.4) is 0 Å². The second kappa shape index (κ2) is 5.27. The fourth-order valence-electron chi connectivity index (χ4n) is 1.76. The van der Waals surface area contributed by atoms with Gasteiger partial charge in [-0.05, 0) is 33.1 Å². The zero-order valence-electron chi connectivity index (χ0n) is 9.64. The topological polar surface area (TPSA) is 46.6 Å². The molecule has 0 spiro atoms. The molecule has 0 aromatic heterocycles. The summed E-state index contributed by atoms with van der Waals surface area (Å²) in [6.45, 7) is 4.61. The maximum absolute atomic E-state index is 12.0. The van der Waals surface area contributed by atoms with E-state index in [1.807, 2.05) is 6.42 Å². The van der Waals surface area contributed by atoms with Gasteiger partial charge in [-0.15, -0.1) is 0 Å². The lowest BCUT2D eigenvalue weighted by atomic mass is 10.2. The van der Waals surface area contributed by atoms with E-state index in [9.17, 15) is 8.42 Å². The van der Waals surface area contributed by atoms with E-state index >= 15 is 0 Å². The number of ether oxygens (including phenoxy) is 1. The van der Waals surface area contributed by atoms with Crippen LogP contribution in [0.2, 0.25) is 0 Å². The van der Waals surface area contributed by atoms with Gasteiger partial charge < -0.3 is 4.74 Å². The third kappa shape index (κ3) is 2.92. The summed E-state index contributed by atoms with van der Waals surface area (Å²) in [4.78, 5) is 0. The van der Waals surface area contributed by atoms with E-state index in [1.54, 1.807) is 25.3 Å². The van der Waals surface area contributed by atoms with Crippen molar-refractivity contribution in [1.82, 2.24) is 4.31 Å². The molecule has 4 nitrogen and oxygen atoms in total. The average molecular weight is 234 g/mol. The van der Waals surface area contributed by atoms with Crippen LogP contribution in [0.25, 0.3) is 0 Å². The Labute approximate surface area is 92.7 Å². The van der Waals surface area contributed by atoms with E-state index in [0.29, 0.717) is 13.2 Å².